The summed E-state index contributed by atoms with van der Waals surface area (Å²) in [5.74, 6) is 0.842. The summed E-state index contributed by atoms with van der Waals surface area (Å²) < 4.78 is 16.9. The van der Waals surface area contributed by atoms with Crippen LogP contribution in [0.5, 0.6) is 0 Å². The van der Waals surface area contributed by atoms with Crippen LogP contribution >= 0.6 is 0 Å². The van der Waals surface area contributed by atoms with Gasteiger partial charge in [0.1, 0.15) is 13.2 Å². The van der Waals surface area contributed by atoms with Gasteiger partial charge in [-0.05, 0) is 31.1 Å². The summed E-state index contributed by atoms with van der Waals surface area (Å²) >= 11 is 0. The van der Waals surface area contributed by atoms with Gasteiger partial charge in [0.05, 0.1) is 0 Å². The Hall–Kier alpha value is -1.59. The van der Waals surface area contributed by atoms with Crippen molar-refractivity contribution in [3.8, 4) is 0 Å². The minimum absolute atomic E-state index is 0.0623. The smallest absolute Gasteiger partial charge is 0.306 e. The van der Waals surface area contributed by atoms with E-state index in [1.807, 2.05) is 0 Å². The molecule has 0 aliphatic carbocycles. The van der Waals surface area contributed by atoms with Gasteiger partial charge in [0.2, 0.25) is 0 Å². The molecular weight excluding hydrogens is 829 g/mol. The van der Waals surface area contributed by atoms with Gasteiger partial charge in [-0.2, -0.15) is 0 Å². The maximum absolute atomic E-state index is 12.9. The molecular formula is C61H118O6. The third-order valence-corrected chi connectivity index (χ3v) is 14.0. The van der Waals surface area contributed by atoms with Crippen molar-refractivity contribution in [2.24, 2.45) is 11.8 Å². The molecule has 6 nitrogen and oxygen atoms in total. The average molecular weight is 948 g/mol. The van der Waals surface area contributed by atoms with Crippen LogP contribution in [-0.2, 0) is 28.6 Å². The van der Waals surface area contributed by atoms with Crippen LogP contribution in [0, 0.1) is 11.8 Å². The quantitative estimate of drug-likeness (QED) is 0.0343. The number of ether oxygens (including phenoxy) is 3. The molecule has 0 radical (unpaired) electrons. The van der Waals surface area contributed by atoms with Gasteiger partial charge in [-0.1, -0.05) is 304 Å². The van der Waals surface area contributed by atoms with Crippen molar-refractivity contribution in [1.82, 2.24) is 0 Å². The Labute approximate surface area is 418 Å². The fourth-order valence-electron chi connectivity index (χ4n) is 9.40. The molecule has 0 spiro atoms. The largest absolute Gasteiger partial charge is 0.462 e. The molecule has 0 unspecified atom stereocenters. The Kier molecular flexibility index (Phi) is 52.5. The second-order valence-corrected chi connectivity index (χ2v) is 21.9. The molecule has 0 fully saturated rings. The summed E-state index contributed by atoms with van der Waals surface area (Å²) in [4.78, 5) is 38.2. The Balaban J connectivity index is 4.30. The first-order chi connectivity index (χ1) is 32.7. The first kappa shape index (κ1) is 65.4. The van der Waals surface area contributed by atoms with E-state index in [9.17, 15) is 14.4 Å². The van der Waals surface area contributed by atoms with E-state index in [4.69, 9.17) is 14.2 Å². The van der Waals surface area contributed by atoms with Crippen molar-refractivity contribution >= 4 is 17.9 Å². The van der Waals surface area contributed by atoms with E-state index in [2.05, 4.69) is 34.6 Å². The van der Waals surface area contributed by atoms with Gasteiger partial charge >= 0.3 is 17.9 Å². The number of esters is 3. The number of rotatable bonds is 55. The molecule has 0 saturated heterocycles. The van der Waals surface area contributed by atoms with Crippen LogP contribution < -0.4 is 0 Å². The predicted octanol–water partition coefficient (Wildman–Crippen LogP) is 20.0. The van der Waals surface area contributed by atoms with E-state index in [1.165, 1.54) is 231 Å². The van der Waals surface area contributed by atoms with Crippen LogP contribution in [0.1, 0.15) is 343 Å². The molecule has 0 aromatic heterocycles. The maximum Gasteiger partial charge on any atom is 0.306 e. The summed E-state index contributed by atoms with van der Waals surface area (Å²) in [6, 6.07) is 0. The molecule has 0 aliphatic heterocycles. The van der Waals surface area contributed by atoms with Crippen molar-refractivity contribution in [2.45, 2.75) is 349 Å². The van der Waals surface area contributed by atoms with Gasteiger partial charge < -0.3 is 14.2 Å². The van der Waals surface area contributed by atoms with E-state index in [-0.39, 0.29) is 31.1 Å². The minimum atomic E-state index is -0.763. The third kappa shape index (κ3) is 55.2. The summed E-state index contributed by atoms with van der Waals surface area (Å²) in [7, 11) is 0. The summed E-state index contributed by atoms with van der Waals surface area (Å²) in [5.41, 5.74) is 0. The lowest BCUT2D eigenvalue weighted by molar-refractivity contribution is -0.167. The van der Waals surface area contributed by atoms with Gasteiger partial charge in [0, 0.05) is 19.3 Å². The van der Waals surface area contributed by atoms with Crippen LogP contribution in [0.25, 0.3) is 0 Å². The molecule has 0 saturated carbocycles. The molecule has 0 aliphatic rings. The van der Waals surface area contributed by atoms with Crippen molar-refractivity contribution in [2.75, 3.05) is 13.2 Å². The fraction of sp³-hybridized carbons (Fsp3) is 0.951. The highest BCUT2D eigenvalue weighted by molar-refractivity contribution is 5.71. The van der Waals surface area contributed by atoms with Crippen molar-refractivity contribution < 1.29 is 28.6 Å². The van der Waals surface area contributed by atoms with Gasteiger partial charge in [-0.15, -0.1) is 0 Å². The van der Waals surface area contributed by atoms with Crippen molar-refractivity contribution in [3.05, 3.63) is 0 Å². The molecule has 6 heteroatoms. The second-order valence-electron chi connectivity index (χ2n) is 21.9. The Morgan fingerprint density at radius 2 is 0.493 bits per heavy atom. The highest BCUT2D eigenvalue weighted by atomic mass is 16.6. The molecule has 1 atom stereocenters. The molecule has 0 bridgehead atoms. The predicted molar refractivity (Wildman–Crippen MR) is 289 cm³/mol. The Morgan fingerprint density at radius 3 is 0.731 bits per heavy atom. The van der Waals surface area contributed by atoms with Crippen LogP contribution in [0.3, 0.4) is 0 Å². The molecule has 0 N–H and O–H groups in total. The lowest BCUT2D eigenvalue weighted by Crippen LogP contribution is -2.30. The van der Waals surface area contributed by atoms with E-state index < -0.39 is 6.10 Å². The molecule has 398 valence electrons. The zero-order valence-corrected chi connectivity index (χ0v) is 46.0. The SMILES string of the molecule is CCCCCCCCCCCCCCCCCCCC(=O)OC[C@H](COC(=O)CCCCCCCCCCCCCCC(C)C)OC(=O)CCCCCCCCCCCCCCCCC(C)C. The fourth-order valence-corrected chi connectivity index (χ4v) is 9.40. The number of unbranched alkanes of at least 4 members (excludes halogenated alkanes) is 40. The minimum Gasteiger partial charge on any atom is -0.462 e. The number of hydrogen-bond donors (Lipinski definition) is 0. The average Bonchev–Trinajstić information content (AvgIpc) is 3.30. The second kappa shape index (κ2) is 53.8. The normalized spacial score (nSPS) is 12.0. The van der Waals surface area contributed by atoms with Crippen molar-refractivity contribution in [1.29, 1.82) is 0 Å². The summed E-state index contributed by atoms with van der Waals surface area (Å²) in [5, 5.41) is 0. The lowest BCUT2D eigenvalue weighted by atomic mass is 10.0. The molecule has 0 aromatic carbocycles. The summed E-state index contributed by atoms with van der Waals surface area (Å²) in [6.45, 7) is 11.4. The topological polar surface area (TPSA) is 78.9 Å². The highest BCUT2D eigenvalue weighted by Crippen LogP contribution is 2.18. The highest BCUT2D eigenvalue weighted by Gasteiger charge is 2.19. The Bertz CT molecular complexity index is 1020. The maximum atomic E-state index is 12.9. The first-order valence-electron chi connectivity index (χ1n) is 30.2. The molecule has 67 heavy (non-hydrogen) atoms. The zero-order valence-electron chi connectivity index (χ0n) is 46.0. The Morgan fingerprint density at radius 1 is 0.284 bits per heavy atom. The lowest BCUT2D eigenvalue weighted by Gasteiger charge is -2.18. The van der Waals surface area contributed by atoms with E-state index >= 15 is 0 Å². The van der Waals surface area contributed by atoms with Crippen LogP contribution in [-0.4, -0.2) is 37.2 Å². The third-order valence-electron chi connectivity index (χ3n) is 14.0. The molecule has 0 rings (SSSR count). The molecule has 0 heterocycles. The van der Waals surface area contributed by atoms with Crippen molar-refractivity contribution in [3.63, 3.8) is 0 Å². The standard InChI is InChI=1S/C61H118O6/c1-6-7-8-9-10-11-12-13-14-15-16-20-26-31-36-41-46-51-59(62)65-54-58(55-66-60(63)52-47-42-37-32-27-23-22-25-30-35-40-45-50-57(4)5)67-61(64)53-48-43-38-33-28-21-18-17-19-24-29-34-39-44-49-56(2)3/h56-58H,6-55H2,1-5H3/t58-/m1/s1. The van der Waals surface area contributed by atoms with E-state index in [1.54, 1.807) is 0 Å². The van der Waals surface area contributed by atoms with Gasteiger partial charge in [-0.25, -0.2) is 0 Å². The number of hydrogen-bond acceptors (Lipinski definition) is 6. The number of carbonyl (C=O) groups is 3. The van der Waals surface area contributed by atoms with Gasteiger partial charge in [0.15, 0.2) is 6.10 Å². The molecule has 0 amide bonds. The van der Waals surface area contributed by atoms with E-state index in [0.29, 0.717) is 19.3 Å². The van der Waals surface area contributed by atoms with Crippen LogP contribution in [0.2, 0.25) is 0 Å². The molecule has 0 aromatic rings. The first-order valence-corrected chi connectivity index (χ1v) is 30.2. The van der Waals surface area contributed by atoms with E-state index in [0.717, 1.165) is 69.6 Å². The monoisotopic (exact) mass is 947 g/mol. The zero-order chi connectivity index (χ0) is 48.9. The van der Waals surface area contributed by atoms with Crippen LogP contribution in [0.15, 0.2) is 0 Å². The number of carbonyl (C=O) groups excluding carboxylic acids is 3. The summed E-state index contributed by atoms with van der Waals surface area (Å²) in [6.07, 6.45) is 58.1. The van der Waals surface area contributed by atoms with Crippen LogP contribution in [0.4, 0.5) is 0 Å². The van der Waals surface area contributed by atoms with Gasteiger partial charge in [0.25, 0.3) is 0 Å². The van der Waals surface area contributed by atoms with Gasteiger partial charge in [-0.3, -0.25) is 14.4 Å².